The standard InChI is InChI=1S/C34H35N3O5S/c1-34(2,3)43(40)37-20-26-18-27(33(39)35-19-22-12-13-29-30(16-22)42-21-41-29)36-32(31(26)28(37)14-15-38)25-11-7-10-24(17-25)23-8-5-4-6-9-23/h4-13,16-18,28,38H,14-15,19-21H2,1-3H3,(H,35,39)/t28-,43-/m1/s1. The number of amides is 1. The zero-order valence-electron chi connectivity index (χ0n) is 24.5. The van der Waals surface area contributed by atoms with Crippen LogP contribution < -0.4 is 14.8 Å². The lowest BCUT2D eigenvalue weighted by molar-refractivity contribution is 0.0945. The largest absolute Gasteiger partial charge is 0.454 e. The molecule has 2 aliphatic heterocycles. The highest BCUT2D eigenvalue weighted by molar-refractivity contribution is 7.84. The van der Waals surface area contributed by atoms with Crippen LogP contribution >= 0.6 is 0 Å². The lowest BCUT2D eigenvalue weighted by Gasteiger charge is -2.30. The number of aliphatic hydroxyl groups excluding tert-OH is 1. The van der Waals surface area contributed by atoms with Gasteiger partial charge in [0.15, 0.2) is 11.5 Å². The van der Waals surface area contributed by atoms with E-state index in [1.807, 2.05) is 79.7 Å². The quantitative estimate of drug-likeness (QED) is 0.267. The number of aliphatic hydroxyl groups is 1. The topological polar surface area (TPSA) is 101 Å². The van der Waals surface area contributed by atoms with Gasteiger partial charge in [0.25, 0.3) is 5.91 Å². The fourth-order valence-corrected chi connectivity index (χ4v) is 7.01. The molecule has 0 fully saturated rings. The second kappa shape index (κ2) is 11.9. The van der Waals surface area contributed by atoms with Crippen LogP contribution in [0.25, 0.3) is 22.4 Å². The first-order valence-electron chi connectivity index (χ1n) is 14.4. The van der Waals surface area contributed by atoms with Gasteiger partial charge in [-0.1, -0.05) is 54.6 Å². The van der Waals surface area contributed by atoms with Gasteiger partial charge in [-0.15, -0.1) is 0 Å². The van der Waals surface area contributed by atoms with E-state index in [2.05, 4.69) is 23.5 Å². The molecule has 8 nitrogen and oxygen atoms in total. The number of benzene rings is 3. The van der Waals surface area contributed by atoms with E-state index in [1.165, 1.54) is 0 Å². The van der Waals surface area contributed by atoms with E-state index in [0.717, 1.165) is 33.4 Å². The van der Waals surface area contributed by atoms with Crippen molar-refractivity contribution in [1.82, 2.24) is 14.6 Å². The number of hydrogen-bond acceptors (Lipinski definition) is 6. The third-order valence-corrected chi connectivity index (χ3v) is 9.51. The van der Waals surface area contributed by atoms with Gasteiger partial charge in [-0.3, -0.25) is 4.79 Å². The van der Waals surface area contributed by atoms with E-state index >= 15 is 0 Å². The first-order chi connectivity index (χ1) is 20.7. The van der Waals surface area contributed by atoms with Crippen molar-refractivity contribution < 1.29 is 23.6 Å². The van der Waals surface area contributed by atoms with Gasteiger partial charge in [0.1, 0.15) is 16.7 Å². The molecule has 9 heteroatoms. The minimum Gasteiger partial charge on any atom is -0.454 e. The van der Waals surface area contributed by atoms with E-state index in [9.17, 15) is 14.1 Å². The summed E-state index contributed by atoms with van der Waals surface area (Å²) in [6, 6.07) is 25.3. The van der Waals surface area contributed by atoms with Crippen molar-refractivity contribution in [1.29, 1.82) is 0 Å². The predicted octanol–water partition coefficient (Wildman–Crippen LogP) is 5.78. The third-order valence-electron chi connectivity index (χ3n) is 7.66. The number of hydrogen-bond donors (Lipinski definition) is 2. The van der Waals surface area contributed by atoms with Crippen LogP contribution in [0.3, 0.4) is 0 Å². The van der Waals surface area contributed by atoms with Crippen LogP contribution in [0.15, 0.2) is 78.9 Å². The molecule has 3 heterocycles. The molecule has 0 radical (unpaired) electrons. The van der Waals surface area contributed by atoms with Gasteiger partial charge < -0.3 is 19.9 Å². The lowest BCUT2D eigenvalue weighted by Crippen LogP contribution is -2.36. The number of aromatic nitrogens is 1. The molecule has 2 atom stereocenters. The Morgan fingerprint density at radius 1 is 0.977 bits per heavy atom. The summed E-state index contributed by atoms with van der Waals surface area (Å²) in [6.45, 7) is 6.63. The highest BCUT2D eigenvalue weighted by Gasteiger charge is 2.40. The van der Waals surface area contributed by atoms with Crippen LogP contribution in [0.5, 0.6) is 11.5 Å². The van der Waals surface area contributed by atoms with Crippen LogP contribution in [-0.4, -0.2) is 42.7 Å². The number of rotatable bonds is 8. The van der Waals surface area contributed by atoms with Gasteiger partial charge in [-0.05, 0) is 73.7 Å². The fourth-order valence-electron chi connectivity index (χ4n) is 5.61. The summed E-state index contributed by atoms with van der Waals surface area (Å²) in [7, 11) is -1.34. The van der Waals surface area contributed by atoms with Crippen molar-refractivity contribution in [3.05, 3.63) is 101 Å². The third kappa shape index (κ3) is 5.93. The molecule has 4 aromatic rings. The Bertz CT molecular complexity index is 1690. The number of fused-ring (bicyclic) bond motifs is 2. The highest BCUT2D eigenvalue weighted by Crippen LogP contribution is 2.44. The predicted molar refractivity (Wildman–Crippen MR) is 167 cm³/mol. The average molecular weight is 598 g/mol. The summed E-state index contributed by atoms with van der Waals surface area (Å²) in [5.41, 5.74) is 6.57. The zero-order chi connectivity index (χ0) is 30.1. The maximum atomic E-state index is 13.7. The van der Waals surface area contributed by atoms with Gasteiger partial charge in [-0.2, -0.15) is 0 Å². The number of nitrogens with one attached hydrogen (secondary N) is 1. The van der Waals surface area contributed by atoms with Crippen LogP contribution in [0.2, 0.25) is 0 Å². The van der Waals surface area contributed by atoms with Gasteiger partial charge in [0.2, 0.25) is 6.79 Å². The molecule has 0 spiro atoms. The summed E-state index contributed by atoms with van der Waals surface area (Å²) < 4.78 is 26.0. The van der Waals surface area contributed by atoms with E-state index in [1.54, 1.807) is 6.07 Å². The van der Waals surface area contributed by atoms with E-state index in [-0.39, 0.29) is 31.0 Å². The summed E-state index contributed by atoms with van der Waals surface area (Å²) >= 11 is 0. The molecular weight excluding hydrogens is 562 g/mol. The molecule has 1 aromatic heterocycles. The molecule has 222 valence electrons. The van der Waals surface area contributed by atoms with Crippen LogP contribution in [0.4, 0.5) is 0 Å². The number of ether oxygens (including phenoxy) is 2. The summed E-state index contributed by atoms with van der Waals surface area (Å²) in [4.78, 5) is 18.5. The van der Waals surface area contributed by atoms with Crippen molar-refractivity contribution in [3.63, 3.8) is 0 Å². The molecular formula is C34H35N3O5S. The second-order valence-corrected chi connectivity index (χ2v) is 13.9. The maximum absolute atomic E-state index is 13.7. The Morgan fingerprint density at radius 3 is 2.49 bits per heavy atom. The molecule has 2 aliphatic rings. The maximum Gasteiger partial charge on any atom is 0.270 e. The van der Waals surface area contributed by atoms with Crippen molar-refractivity contribution in [3.8, 4) is 33.9 Å². The van der Waals surface area contributed by atoms with E-state index in [0.29, 0.717) is 36.7 Å². The number of pyridine rings is 1. The summed E-state index contributed by atoms with van der Waals surface area (Å²) in [5.74, 6) is 1.03. The first kappa shape index (κ1) is 29.0. The molecule has 1 amide bonds. The lowest BCUT2D eigenvalue weighted by atomic mass is 9.94. The molecule has 0 bridgehead atoms. The minimum absolute atomic E-state index is 0.0663. The number of carbonyl (C=O) groups is 1. The molecule has 0 unspecified atom stereocenters. The minimum atomic E-state index is -1.34. The molecule has 43 heavy (non-hydrogen) atoms. The highest BCUT2D eigenvalue weighted by atomic mass is 32.2. The van der Waals surface area contributed by atoms with Crippen LogP contribution in [0, 0.1) is 0 Å². The molecule has 0 aliphatic carbocycles. The van der Waals surface area contributed by atoms with Crippen molar-refractivity contribution in [2.24, 2.45) is 0 Å². The Morgan fingerprint density at radius 2 is 1.72 bits per heavy atom. The molecule has 6 rings (SSSR count). The molecule has 2 N–H and O–H groups in total. The fraction of sp³-hybridized carbons (Fsp3) is 0.294. The number of carbonyl (C=O) groups excluding carboxylic acids is 1. The molecule has 0 saturated heterocycles. The van der Waals surface area contributed by atoms with Crippen molar-refractivity contribution >= 4 is 16.9 Å². The molecule has 3 aromatic carbocycles. The van der Waals surface area contributed by atoms with E-state index in [4.69, 9.17) is 14.5 Å². The van der Waals surface area contributed by atoms with Gasteiger partial charge in [0, 0.05) is 30.8 Å². The Kier molecular flexibility index (Phi) is 8.05. The summed E-state index contributed by atoms with van der Waals surface area (Å²) in [5, 5.41) is 13.1. The molecule has 0 saturated carbocycles. The Labute approximate surface area is 254 Å². The monoisotopic (exact) mass is 597 g/mol. The SMILES string of the molecule is CC(C)(C)[S@@](=O)N1Cc2cc(C(=O)NCc3ccc4c(c3)OCO4)nc(-c3cccc(-c4ccccc4)c3)c2[C@H]1CCO. The smallest absolute Gasteiger partial charge is 0.270 e. The normalized spacial score (nSPS) is 16.6. The van der Waals surface area contributed by atoms with Crippen LogP contribution in [0.1, 0.15) is 60.4 Å². The van der Waals surface area contributed by atoms with Crippen molar-refractivity contribution in [2.45, 2.75) is 51.1 Å². The van der Waals surface area contributed by atoms with Gasteiger partial charge >= 0.3 is 0 Å². The Balaban J connectivity index is 1.40. The van der Waals surface area contributed by atoms with Crippen molar-refractivity contribution in [2.75, 3.05) is 13.4 Å². The van der Waals surface area contributed by atoms with Crippen LogP contribution in [-0.2, 0) is 24.1 Å². The van der Waals surface area contributed by atoms with Gasteiger partial charge in [-0.25, -0.2) is 13.5 Å². The second-order valence-electron chi connectivity index (χ2n) is 11.7. The Hall–Kier alpha value is -4.05. The average Bonchev–Trinajstić information content (AvgIpc) is 3.63. The zero-order valence-corrected chi connectivity index (χ0v) is 25.3. The van der Waals surface area contributed by atoms with Gasteiger partial charge in [0.05, 0.1) is 16.5 Å². The first-order valence-corrected chi connectivity index (χ1v) is 15.5. The van der Waals surface area contributed by atoms with E-state index < -0.39 is 15.7 Å². The summed E-state index contributed by atoms with van der Waals surface area (Å²) in [6.07, 6.45) is 0.400. The number of nitrogens with zero attached hydrogens (tertiary/aromatic N) is 2.